The molecule has 0 spiro atoms. The maximum atomic E-state index is 12.2. The summed E-state index contributed by atoms with van der Waals surface area (Å²) in [5, 5.41) is 9.68. The van der Waals surface area contributed by atoms with E-state index in [0.29, 0.717) is 16.9 Å². The summed E-state index contributed by atoms with van der Waals surface area (Å²) in [5.41, 5.74) is 1.03. The Hall–Kier alpha value is -3.26. The molecule has 22 heavy (non-hydrogen) atoms. The molecule has 5 nitrogen and oxygen atoms in total. The van der Waals surface area contributed by atoms with Crippen LogP contribution in [0, 0.1) is 11.3 Å². The van der Waals surface area contributed by atoms with Gasteiger partial charge in [0, 0.05) is 11.5 Å². The molecule has 0 N–H and O–H groups in total. The van der Waals surface area contributed by atoms with E-state index in [-0.39, 0.29) is 11.5 Å². The summed E-state index contributed by atoms with van der Waals surface area (Å²) in [6.07, 6.45) is 0. The van der Waals surface area contributed by atoms with Crippen molar-refractivity contribution in [3.05, 3.63) is 59.9 Å². The Balaban J connectivity index is 1.89. The Kier molecular flexibility index (Phi) is 3.50. The number of para-hydroxylation sites is 1. The molecule has 2 aromatic carbocycles. The van der Waals surface area contributed by atoms with E-state index in [1.165, 1.54) is 19.2 Å². The lowest BCUT2D eigenvalue weighted by Crippen LogP contribution is -2.08. The molecule has 3 rings (SSSR count). The standard InChI is InChI=1S/C17H11NO4/c1-20-15-8-11(10-18)6-7-14(15)22-17(19)16-9-12-4-2-3-5-13(12)21-16/h2-9H,1H3. The van der Waals surface area contributed by atoms with Gasteiger partial charge in [-0.2, -0.15) is 5.26 Å². The average molecular weight is 293 g/mol. The molecular formula is C17H11NO4. The van der Waals surface area contributed by atoms with Crippen LogP contribution in [0.1, 0.15) is 16.1 Å². The van der Waals surface area contributed by atoms with E-state index >= 15 is 0 Å². The van der Waals surface area contributed by atoms with E-state index in [1.807, 2.05) is 24.3 Å². The van der Waals surface area contributed by atoms with Gasteiger partial charge in [-0.1, -0.05) is 18.2 Å². The highest BCUT2D eigenvalue weighted by Gasteiger charge is 2.17. The highest BCUT2D eigenvalue weighted by atomic mass is 16.6. The quantitative estimate of drug-likeness (QED) is 0.545. The molecule has 0 saturated carbocycles. The second kappa shape index (κ2) is 5.62. The summed E-state index contributed by atoms with van der Waals surface area (Å²) < 4.78 is 15.9. The van der Waals surface area contributed by atoms with Gasteiger partial charge in [-0.3, -0.25) is 0 Å². The van der Waals surface area contributed by atoms with Crippen LogP contribution in [0.2, 0.25) is 0 Å². The van der Waals surface area contributed by atoms with Gasteiger partial charge in [-0.25, -0.2) is 4.79 Å². The third-order valence-corrected chi connectivity index (χ3v) is 3.12. The van der Waals surface area contributed by atoms with Crippen LogP contribution >= 0.6 is 0 Å². The second-order valence-electron chi connectivity index (χ2n) is 4.52. The summed E-state index contributed by atoms with van der Waals surface area (Å²) in [6.45, 7) is 0. The summed E-state index contributed by atoms with van der Waals surface area (Å²) in [6, 6.07) is 15.5. The lowest BCUT2D eigenvalue weighted by molar-refractivity contribution is 0.0699. The minimum atomic E-state index is -0.626. The lowest BCUT2D eigenvalue weighted by atomic mass is 10.2. The molecule has 0 aliphatic heterocycles. The molecule has 0 aliphatic rings. The van der Waals surface area contributed by atoms with Gasteiger partial charge in [0.25, 0.3) is 0 Å². The SMILES string of the molecule is COc1cc(C#N)ccc1OC(=O)c1cc2ccccc2o1. The summed E-state index contributed by atoms with van der Waals surface area (Å²) in [4.78, 5) is 12.2. The fourth-order valence-electron chi connectivity index (χ4n) is 2.05. The minimum Gasteiger partial charge on any atom is -0.493 e. The zero-order valence-electron chi connectivity index (χ0n) is 11.7. The number of nitriles is 1. The molecule has 3 aromatic rings. The zero-order valence-corrected chi connectivity index (χ0v) is 11.7. The fraction of sp³-hybridized carbons (Fsp3) is 0.0588. The predicted molar refractivity (Wildman–Crippen MR) is 78.9 cm³/mol. The van der Waals surface area contributed by atoms with Gasteiger partial charge < -0.3 is 13.9 Å². The molecule has 0 fully saturated rings. The van der Waals surface area contributed by atoms with E-state index < -0.39 is 5.97 Å². The number of esters is 1. The van der Waals surface area contributed by atoms with Crippen molar-refractivity contribution in [1.29, 1.82) is 5.26 Å². The molecule has 0 unspecified atom stereocenters. The third-order valence-electron chi connectivity index (χ3n) is 3.12. The first kappa shape index (κ1) is 13.7. The Morgan fingerprint density at radius 3 is 2.68 bits per heavy atom. The number of rotatable bonds is 3. The van der Waals surface area contributed by atoms with E-state index in [9.17, 15) is 4.79 Å². The van der Waals surface area contributed by atoms with Crippen molar-refractivity contribution >= 4 is 16.9 Å². The first-order valence-electron chi connectivity index (χ1n) is 6.50. The van der Waals surface area contributed by atoms with Crippen LogP contribution in [0.15, 0.2) is 52.9 Å². The van der Waals surface area contributed by atoms with Gasteiger partial charge in [-0.05, 0) is 24.3 Å². The van der Waals surface area contributed by atoms with Crippen molar-refractivity contribution in [3.8, 4) is 17.6 Å². The largest absolute Gasteiger partial charge is 0.493 e. The molecule has 108 valence electrons. The molecule has 1 heterocycles. The smallest absolute Gasteiger partial charge is 0.379 e. The topological polar surface area (TPSA) is 72.5 Å². The minimum absolute atomic E-state index is 0.104. The van der Waals surface area contributed by atoms with Crippen LogP contribution in [0.3, 0.4) is 0 Å². The van der Waals surface area contributed by atoms with Crippen molar-refractivity contribution in [2.24, 2.45) is 0 Å². The summed E-state index contributed by atoms with van der Waals surface area (Å²) in [5.74, 6) is 0.0160. The molecule has 0 saturated heterocycles. The number of nitrogens with zero attached hydrogens (tertiary/aromatic N) is 1. The van der Waals surface area contributed by atoms with Gasteiger partial charge in [0.15, 0.2) is 11.5 Å². The lowest BCUT2D eigenvalue weighted by Gasteiger charge is -2.08. The van der Waals surface area contributed by atoms with Crippen LogP contribution in [0.25, 0.3) is 11.0 Å². The summed E-state index contributed by atoms with van der Waals surface area (Å²) >= 11 is 0. The van der Waals surface area contributed by atoms with Gasteiger partial charge in [0.1, 0.15) is 5.58 Å². The maximum absolute atomic E-state index is 12.2. The highest BCUT2D eigenvalue weighted by molar-refractivity contribution is 5.93. The van der Waals surface area contributed by atoms with E-state index in [2.05, 4.69) is 0 Å². The molecular weight excluding hydrogens is 282 g/mol. The number of ether oxygens (including phenoxy) is 2. The molecule has 1 aromatic heterocycles. The Morgan fingerprint density at radius 1 is 1.14 bits per heavy atom. The number of benzene rings is 2. The van der Waals surface area contributed by atoms with Crippen molar-refractivity contribution in [1.82, 2.24) is 0 Å². The average Bonchev–Trinajstić information content (AvgIpc) is 2.99. The molecule has 0 atom stereocenters. The van der Waals surface area contributed by atoms with Crippen LogP contribution in [-0.2, 0) is 0 Å². The second-order valence-corrected chi connectivity index (χ2v) is 4.52. The zero-order chi connectivity index (χ0) is 15.5. The van der Waals surface area contributed by atoms with E-state index in [1.54, 1.807) is 18.2 Å². The Morgan fingerprint density at radius 2 is 1.95 bits per heavy atom. The fourth-order valence-corrected chi connectivity index (χ4v) is 2.05. The van der Waals surface area contributed by atoms with Crippen molar-refractivity contribution in [2.45, 2.75) is 0 Å². The predicted octanol–water partition coefficient (Wildman–Crippen LogP) is 3.53. The Labute approximate surface area is 126 Å². The molecule has 0 aliphatic carbocycles. The van der Waals surface area contributed by atoms with Crippen LogP contribution in [0.5, 0.6) is 11.5 Å². The van der Waals surface area contributed by atoms with Crippen LogP contribution < -0.4 is 9.47 Å². The number of furan rings is 1. The molecule has 5 heteroatoms. The van der Waals surface area contributed by atoms with Crippen LogP contribution in [0.4, 0.5) is 0 Å². The number of methoxy groups -OCH3 is 1. The Bertz CT molecular complexity index is 856. The first-order chi connectivity index (χ1) is 10.7. The third kappa shape index (κ3) is 2.50. The van der Waals surface area contributed by atoms with Crippen molar-refractivity contribution in [2.75, 3.05) is 7.11 Å². The number of fused-ring (bicyclic) bond motifs is 1. The number of hydrogen-bond acceptors (Lipinski definition) is 5. The van der Waals surface area contributed by atoms with E-state index in [0.717, 1.165) is 5.39 Å². The van der Waals surface area contributed by atoms with Gasteiger partial charge in [0.2, 0.25) is 5.76 Å². The highest BCUT2D eigenvalue weighted by Crippen LogP contribution is 2.29. The van der Waals surface area contributed by atoms with E-state index in [4.69, 9.17) is 19.2 Å². The maximum Gasteiger partial charge on any atom is 0.379 e. The first-order valence-corrected chi connectivity index (χ1v) is 6.50. The van der Waals surface area contributed by atoms with Gasteiger partial charge in [-0.15, -0.1) is 0 Å². The molecule has 0 bridgehead atoms. The summed E-state index contributed by atoms with van der Waals surface area (Å²) in [7, 11) is 1.44. The normalized spacial score (nSPS) is 10.2. The number of hydrogen-bond donors (Lipinski definition) is 0. The van der Waals surface area contributed by atoms with Crippen molar-refractivity contribution < 1.29 is 18.7 Å². The monoisotopic (exact) mass is 293 g/mol. The van der Waals surface area contributed by atoms with Crippen LogP contribution in [-0.4, -0.2) is 13.1 Å². The number of carbonyl (C=O) groups is 1. The van der Waals surface area contributed by atoms with Crippen molar-refractivity contribution in [3.63, 3.8) is 0 Å². The molecule has 0 radical (unpaired) electrons. The number of carbonyl (C=O) groups excluding carboxylic acids is 1. The van der Waals surface area contributed by atoms with Gasteiger partial charge >= 0.3 is 5.97 Å². The van der Waals surface area contributed by atoms with Gasteiger partial charge in [0.05, 0.1) is 18.7 Å². The molecule has 0 amide bonds.